The molecular weight excluding hydrogens is 214 g/mol. The van der Waals surface area contributed by atoms with Crippen LogP contribution in [0, 0.1) is 6.92 Å². The van der Waals surface area contributed by atoms with Gasteiger partial charge in [0.25, 0.3) is 0 Å². The van der Waals surface area contributed by atoms with E-state index in [1.165, 1.54) is 5.69 Å². The van der Waals surface area contributed by atoms with Crippen molar-refractivity contribution in [2.24, 2.45) is 10.9 Å². The van der Waals surface area contributed by atoms with Crippen LogP contribution in [-0.4, -0.2) is 23.6 Å². The molecule has 0 aliphatic rings. The summed E-state index contributed by atoms with van der Waals surface area (Å²) >= 11 is 0. The van der Waals surface area contributed by atoms with E-state index in [1.54, 1.807) is 0 Å². The van der Waals surface area contributed by atoms with Gasteiger partial charge in [0.1, 0.15) is 0 Å². The third kappa shape index (κ3) is 2.90. The van der Waals surface area contributed by atoms with Crippen molar-refractivity contribution in [2.75, 3.05) is 11.4 Å². The van der Waals surface area contributed by atoms with Crippen molar-refractivity contribution in [3.05, 3.63) is 29.3 Å². The molecule has 3 N–H and O–H groups in total. The zero-order valence-corrected chi connectivity index (χ0v) is 10.9. The van der Waals surface area contributed by atoms with Gasteiger partial charge >= 0.3 is 0 Å². The molecule has 94 valence electrons. The number of amidine groups is 1. The van der Waals surface area contributed by atoms with Crippen LogP contribution >= 0.6 is 0 Å². The minimum atomic E-state index is 0.146. The minimum absolute atomic E-state index is 0.146. The van der Waals surface area contributed by atoms with Gasteiger partial charge in [-0.25, -0.2) is 0 Å². The van der Waals surface area contributed by atoms with Crippen molar-refractivity contribution in [2.45, 2.75) is 33.7 Å². The average molecular weight is 235 g/mol. The van der Waals surface area contributed by atoms with E-state index in [1.807, 2.05) is 25.1 Å². The number of aryl methyl sites for hydroxylation is 1. The first kappa shape index (κ1) is 13.4. The second kappa shape index (κ2) is 5.57. The van der Waals surface area contributed by atoms with Crippen molar-refractivity contribution in [3.63, 3.8) is 0 Å². The van der Waals surface area contributed by atoms with E-state index in [2.05, 4.69) is 30.8 Å². The Bertz CT molecular complexity index is 413. The Morgan fingerprint density at radius 2 is 2.12 bits per heavy atom. The Morgan fingerprint density at radius 3 is 2.53 bits per heavy atom. The molecule has 1 rings (SSSR count). The molecule has 0 atom stereocenters. The van der Waals surface area contributed by atoms with Gasteiger partial charge in [0.15, 0.2) is 5.84 Å². The summed E-state index contributed by atoms with van der Waals surface area (Å²) in [6.07, 6.45) is 0. The highest BCUT2D eigenvalue weighted by molar-refractivity contribution is 5.97. The van der Waals surface area contributed by atoms with Crippen LogP contribution in [0.25, 0.3) is 0 Å². The number of benzene rings is 1. The second-order valence-corrected chi connectivity index (χ2v) is 4.37. The van der Waals surface area contributed by atoms with E-state index in [-0.39, 0.29) is 5.84 Å². The SMILES string of the molecule is CCN(c1ccc(/C(N)=N/O)cc1C)C(C)C. The molecule has 0 aliphatic heterocycles. The van der Waals surface area contributed by atoms with E-state index in [4.69, 9.17) is 10.9 Å². The summed E-state index contributed by atoms with van der Waals surface area (Å²) in [5.74, 6) is 0.146. The van der Waals surface area contributed by atoms with Crippen LogP contribution in [0.4, 0.5) is 5.69 Å². The maximum Gasteiger partial charge on any atom is 0.170 e. The zero-order chi connectivity index (χ0) is 13.0. The van der Waals surface area contributed by atoms with Gasteiger partial charge in [-0.15, -0.1) is 0 Å². The summed E-state index contributed by atoms with van der Waals surface area (Å²) in [5, 5.41) is 11.7. The summed E-state index contributed by atoms with van der Waals surface area (Å²) in [6, 6.07) is 6.29. The molecule has 0 spiro atoms. The van der Waals surface area contributed by atoms with Crippen molar-refractivity contribution in [1.82, 2.24) is 0 Å². The molecule has 4 heteroatoms. The van der Waals surface area contributed by atoms with E-state index < -0.39 is 0 Å². The number of hydrogen-bond donors (Lipinski definition) is 2. The molecule has 4 nitrogen and oxygen atoms in total. The molecule has 0 unspecified atom stereocenters. The highest BCUT2D eigenvalue weighted by atomic mass is 16.4. The van der Waals surface area contributed by atoms with Gasteiger partial charge in [0, 0.05) is 23.8 Å². The quantitative estimate of drug-likeness (QED) is 0.364. The Balaban J connectivity index is 3.13. The Hall–Kier alpha value is -1.71. The molecule has 0 amide bonds. The lowest BCUT2D eigenvalue weighted by molar-refractivity contribution is 0.318. The lowest BCUT2D eigenvalue weighted by Gasteiger charge is -2.29. The predicted molar refractivity (Wildman–Crippen MR) is 71.8 cm³/mol. The highest BCUT2D eigenvalue weighted by Crippen LogP contribution is 2.23. The minimum Gasteiger partial charge on any atom is -0.409 e. The van der Waals surface area contributed by atoms with Gasteiger partial charge in [0.05, 0.1) is 0 Å². The van der Waals surface area contributed by atoms with Crippen LogP contribution < -0.4 is 10.6 Å². The smallest absolute Gasteiger partial charge is 0.170 e. The maximum atomic E-state index is 8.64. The first-order chi connectivity index (χ1) is 8.01. The van der Waals surface area contributed by atoms with Crippen molar-refractivity contribution in [3.8, 4) is 0 Å². The number of rotatable bonds is 4. The molecule has 0 saturated carbocycles. The molecule has 17 heavy (non-hydrogen) atoms. The predicted octanol–water partition coefficient (Wildman–Crippen LogP) is 2.32. The van der Waals surface area contributed by atoms with Crippen molar-refractivity contribution in [1.29, 1.82) is 0 Å². The molecule has 0 radical (unpaired) electrons. The van der Waals surface area contributed by atoms with Gasteiger partial charge in [0.2, 0.25) is 0 Å². The fraction of sp³-hybridized carbons (Fsp3) is 0.462. The highest BCUT2D eigenvalue weighted by Gasteiger charge is 2.11. The number of anilines is 1. The summed E-state index contributed by atoms with van der Waals surface area (Å²) in [6.45, 7) is 9.47. The van der Waals surface area contributed by atoms with Gasteiger partial charge in [-0.3, -0.25) is 0 Å². The average Bonchev–Trinajstić information content (AvgIpc) is 2.30. The topological polar surface area (TPSA) is 61.8 Å². The Labute approximate surface area is 103 Å². The fourth-order valence-electron chi connectivity index (χ4n) is 2.01. The van der Waals surface area contributed by atoms with Crippen molar-refractivity contribution < 1.29 is 5.21 Å². The van der Waals surface area contributed by atoms with Gasteiger partial charge in [-0.05, 0) is 51.5 Å². The van der Waals surface area contributed by atoms with E-state index in [9.17, 15) is 0 Å². The number of hydrogen-bond acceptors (Lipinski definition) is 3. The molecule has 0 aromatic heterocycles. The summed E-state index contributed by atoms with van der Waals surface area (Å²) in [7, 11) is 0. The molecule has 0 bridgehead atoms. The third-order valence-electron chi connectivity index (χ3n) is 2.87. The van der Waals surface area contributed by atoms with Crippen LogP contribution in [-0.2, 0) is 0 Å². The molecule has 0 saturated heterocycles. The van der Waals surface area contributed by atoms with Gasteiger partial charge in [-0.1, -0.05) is 5.16 Å². The fourth-order valence-corrected chi connectivity index (χ4v) is 2.01. The van der Waals surface area contributed by atoms with Crippen molar-refractivity contribution >= 4 is 11.5 Å². The lowest BCUT2D eigenvalue weighted by Crippen LogP contribution is -2.31. The van der Waals surface area contributed by atoms with E-state index in [0.29, 0.717) is 6.04 Å². The molecule has 0 aliphatic carbocycles. The normalized spacial score (nSPS) is 11.9. The van der Waals surface area contributed by atoms with E-state index >= 15 is 0 Å². The monoisotopic (exact) mass is 235 g/mol. The Morgan fingerprint density at radius 1 is 1.47 bits per heavy atom. The largest absolute Gasteiger partial charge is 0.409 e. The molecule has 1 aromatic rings. The lowest BCUT2D eigenvalue weighted by atomic mass is 10.1. The molecular formula is C13H21N3O. The van der Waals surface area contributed by atoms with Crippen LogP contribution in [0.1, 0.15) is 31.9 Å². The summed E-state index contributed by atoms with van der Waals surface area (Å²) < 4.78 is 0. The first-order valence-corrected chi connectivity index (χ1v) is 5.86. The zero-order valence-electron chi connectivity index (χ0n) is 10.9. The van der Waals surface area contributed by atoms with Crippen LogP contribution in [0.5, 0.6) is 0 Å². The molecule has 0 heterocycles. The second-order valence-electron chi connectivity index (χ2n) is 4.37. The first-order valence-electron chi connectivity index (χ1n) is 5.86. The third-order valence-corrected chi connectivity index (χ3v) is 2.87. The molecule has 1 aromatic carbocycles. The van der Waals surface area contributed by atoms with Crippen LogP contribution in [0.2, 0.25) is 0 Å². The summed E-state index contributed by atoms with van der Waals surface area (Å²) in [4.78, 5) is 2.31. The molecule has 0 fully saturated rings. The summed E-state index contributed by atoms with van der Waals surface area (Å²) in [5.41, 5.74) is 8.63. The Kier molecular flexibility index (Phi) is 4.37. The van der Waals surface area contributed by atoms with Gasteiger partial charge in [-0.2, -0.15) is 0 Å². The number of nitrogens with zero attached hydrogens (tertiary/aromatic N) is 2. The van der Waals surface area contributed by atoms with Crippen LogP contribution in [0.3, 0.4) is 0 Å². The standard InChI is InChI=1S/C13H21N3O/c1-5-16(9(2)3)12-7-6-11(8-10(12)4)13(14)15-17/h6-9,17H,5H2,1-4H3,(H2,14,15). The van der Waals surface area contributed by atoms with Crippen LogP contribution in [0.15, 0.2) is 23.4 Å². The van der Waals surface area contributed by atoms with Gasteiger partial charge < -0.3 is 15.8 Å². The maximum absolute atomic E-state index is 8.64. The number of nitrogens with two attached hydrogens (primary N) is 1. The van der Waals surface area contributed by atoms with E-state index in [0.717, 1.165) is 17.7 Å². The number of oxime groups is 1.